The number of nitrogens with one attached hydrogen (secondary N) is 2. The number of halogens is 1. The van der Waals surface area contributed by atoms with Gasteiger partial charge >= 0.3 is 0 Å². The highest BCUT2D eigenvalue weighted by atomic mass is 32.1. The van der Waals surface area contributed by atoms with Crippen molar-refractivity contribution in [2.24, 2.45) is 5.92 Å². The molecular weight excluding hydrogens is 485 g/mol. The second-order valence-corrected chi connectivity index (χ2v) is 9.38. The summed E-state index contributed by atoms with van der Waals surface area (Å²) in [4.78, 5) is 39.3. The van der Waals surface area contributed by atoms with E-state index in [1.807, 2.05) is 24.3 Å². The van der Waals surface area contributed by atoms with Crippen LogP contribution in [-0.4, -0.2) is 53.0 Å². The Bertz CT molecular complexity index is 1230. The molecule has 4 rings (SSSR count). The normalized spacial score (nSPS) is 13.8. The van der Waals surface area contributed by atoms with E-state index in [0.29, 0.717) is 44.6 Å². The minimum absolute atomic E-state index is 0.0355. The third kappa shape index (κ3) is 6.42. The number of aromatic nitrogens is 2. The monoisotopic (exact) mass is 511 g/mol. The number of anilines is 1. The molecule has 0 radical (unpaired) electrons. The van der Waals surface area contributed by atoms with Crippen molar-refractivity contribution in [1.82, 2.24) is 20.4 Å². The summed E-state index contributed by atoms with van der Waals surface area (Å²) in [6.07, 6.45) is 1.79. The van der Waals surface area contributed by atoms with Crippen LogP contribution in [-0.2, 0) is 11.3 Å². The smallest absolute Gasteiger partial charge is 0.286 e. The lowest BCUT2D eigenvalue weighted by atomic mass is 9.93. The maximum Gasteiger partial charge on any atom is 0.286 e. The van der Waals surface area contributed by atoms with Gasteiger partial charge in [-0.3, -0.25) is 14.4 Å². The van der Waals surface area contributed by atoms with E-state index in [0.717, 1.165) is 22.6 Å². The molecule has 11 heteroatoms. The predicted octanol–water partition coefficient (Wildman–Crippen LogP) is 3.50. The van der Waals surface area contributed by atoms with E-state index >= 15 is 0 Å². The molecule has 1 fully saturated rings. The van der Waals surface area contributed by atoms with E-state index in [4.69, 9.17) is 4.74 Å². The predicted molar refractivity (Wildman–Crippen MR) is 132 cm³/mol. The maximum absolute atomic E-state index is 13.0. The number of benzene rings is 2. The summed E-state index contributed by atoms with van der Waals surface area (Å²) in [5.74, 6) is -0.334. The number of likely N-dealkylation sites (tertiary alicyclic amines) is 1. The molecule has 2 aromatic carbocycles. The Kier molecular flexibility index (Phi) is 8.21. The number of carbonyl (C=O) groups is 3. The van der Waals surface area contributed by atoms with Crippen LogP contribution in [0.4, 0.5) is 10.1 Å². The highest BCUT2D eigenvalue weighted by Gasteiger charge is 2.28. The van der Waals surface area contributed by atoms with Crippen molar-refractivity contribution in [3.8, 4) is 5.75 Å². The van der Waals surface area contributed by atoms with Gasteiger partial charge in [-0.05, 0) is 49.1 Å². The number of amides is 3. The van der Waals surface area contributed by atoms with Crippen LogP contribution in [0.15, 0.2) is 48.5 Å². The fourth-order valence-corrected chi connectivity index (χ4v) is 4.68. The van der Waals surface area contributed by atoms with Gasteiger partial charge in [-0.1, -0.05) is 29.5 Å². The Hall–Kier alpha value is -3.86. The van der Waals surface area contributed by atoms with E-state index in [-0.39, 0.29) is 27.7 Å². The second-order valence-electron chi connectivity index (χ2n) is 8.40. The molecule has 1 saturated heterocycles. The van der Waals surface area contributed by atoms with Gasteiger partial charge in [0.05, 0.1) is 7.11 Å². The first-order chi connectivity index (χ1) is 17.4. The van der Waals surface area contributed by atoms with Gasteiger partial charge < -0.3 is 20.3 Å². The van der Waals surface area contributed by atoms with Crippen LogP contribution < -0.4 is 15.4 Å². The average molecular weight is 512 g/mol. The van der Waals surface area contributed by atoms with Gasteiger partial charge in [0.2, 0.25) is 15.9 Å². The van der Waals surface area contributed by atoms with Gasteiger partial charge in [0.15, 0.2) is 0 Å². The number of ether oxygens (including phenoxy) is 1. The summed E-state index contributed by atoms with van der Waals surface area (Å²) in [5.41, 5.74) is 1.33. The third-order valence-electron chi connectivity index (χ3n) is 5.95. The summed E-state index contributed by atoms with van der Waals surface area (Å²) in [5, 5.41) is 13.4. The fourth-order valence-electron chi connectivity index (χ4n) is 3.97. The summed E-state index contributed by atoms with van der Waals surface area (Å²) < 4.78 is 18.3. The van der Waals surface area contributed by atoms with Crippen molar-refractivity contribution in [3.05, 3.63) is 69.9 Å². The van der Waals surface area contributed by atoms with Crippen molar-refractivity contribution < 1.29 is 23.5 Å². The highest BCUT2D eigenvalue weighted by molar-refractivity contribution is 7.15. The van der Waals surface area contributed by atoms with Crippen molar-refractivity contribution in [2.75, 3.05) is 25.5 Å². The molecule has 1 aliphatic rings. The quantitative estimate of drug-likeness (QED) is 0.479. The molecule has 2 N–H and O–H groups in total. The fraction of sp³-hybridized carbons (Fsp3) is 0.320. The molecular formula is C25H26FN5O4S. The van der Waals surface area contributed by atoms with Crippen molar-refractivity contribution in [1.29, 1.82) is 0 Å². The van der Waals surface area contributed by atoms with Crippen molar-refractivity contribution >= 4 is 34.7 Å². The molecule has 188 valence electrons. The van der Waals surface area contributed by atoms with Crippen LogP contribution in [0.5, 0.6) is 5.75 Å². The van der Waals surface area contributed by atoms with E-state index < -0.39 is 11.7 Å². The summed E-state index contributed by atoms with van der Waals surface area (Å²) in [6, 6.07) is 12.9. The van der Waals surface area contributed by atoms with Crippen LogP contribution >= 0.6 is 11.3 Å². The number of hydrogen-bond acceptors (Lipinski definition) is 7. The third-order valence-corrected chi connectivity index (χ3v) is 6.86. The molecule has 0 aliphatic carbocycles. The number of hydrogen-bond donors (Lipinski definition) is 2. The van der Waals surface area contributed by atoms with E-state index in [1.54, 1.807) is 12.0 Å². The lowest BCUT2D eigenvalue weighted by Crippen LogP contribution is -2.39. The maximum atomic E-state index is 13.0. The zero-order valence-electron chi connectivity index (χ0n) is 19.7. The van der Waals surface area contributed by atoms with Gasteiger partial charge in [-0.2, -0.15) is 0 Å². The molecule has 2 heterocycles. The summed E-state index contributed by atoms with van der Waals surface area (Å²) in [6.45, 7) is 1.40. The lowest BCUT2D eigenvalue weighted by molar-refractivity contribution is -0.122. The van der Waals surface area contributed by atoms with Gasteiger partial charge in [0.1, 0.15) is 11.6 Å². The Balaban J connectivity index is 1.23. The molecule has 0 spiro atoms. The second kappa shape index (κ2) is 11.7. The number of para-hydroxylation sites is 1. The summed E-state index contributed by atoms with van der Waals surface area (Å²) >= 11 is 0.910. The number of rotatable bonds is 8. The molecule has 0 unspecified atom stereocenters. The van der Waals surface area contributed by atoms with Gasteiger partial charge in [-0.15, -0.1) is 10.2 Å². The highest BCUT2D eigenvalue weighted by Crippen LogP contribution is 2.24. The largest absolute Gasteiger partial charge is 0.496 e. The molecule has 1 aromatic heterocycles. The first-order valence-electron chi connectivity index (χ1n) is 11.5. The zero-order valence-corrected chi connectivity index (χ0v) is 20.5. The van der Waals surface area contributed by atoms with Crippen LogP contribution in [0.3, 0.4) is 0 Å². The van der Waals surface area contributed by atoms with E-state index in [9.17, 15) is 18.8 Å². The minimum atomic E-state index is -0.518. The standard InChI is InChI=1S/C25H26FN5O4S/c1-35-20-5-3-2-4-17(20)15-27-21(32)14-16-10-12-31(13-11-16)25(34)24-30-29-23(36-24)22(33)28-19-8-6-18(26)7-9-19/h2-9,16H,10-15H2,1H3,(H,27,32)(H,28,33). The molecule has 0 bridgehead atoms. The Morgan fingerprint density at radius 2 is 1.75 bits per heavy atom. The van der Waals surface area contributed by atoms with E-state index in [2.05, 4.69) is 20.8 Å². The Morgan fingerprint density at radius 3 is 2.47 bits per heavy atom. The van der Waals surface area contributed by atoms with Gasteiger partial charge in [-0.25, -0.2) is 4.39 Å². The van der Waals surface area contributed by atoms with Crippen LogP contribution in [0.25, 0.3) is 0 Å². The van der Waals surface area contributed by atoms with Gasteiger partial charge in [0, 0.05) is 37.3 Å². The average Bonchev–Trinajstić information content (AvgIpc) is 3.40. The topological polar surface area (TPSA) is 114 Å². The number of carbonyl (C=O) groups excluding carboxylic acids is 3. The molecule has 9 nitrogen and oxygen atoms in total. The molecule has 1 aliphatic heterocycles. The van der Waals surface area contributed by atoms with Crippen LogP contribution in [0.2, 0.25) is 0 Å². The first kappa shape index (κ1) is 25.2. The first-order valence-corrected chi connectivity index (χ1v) is 12.3. The molecule has 0 saturated carbocycles. The van der Waals surface area contributed by atoms with E-state index in [1.165, 1.54) is 24.3 Å². The molecule has 3 aromatic rings. The number of piperidine rings is 1. The molecule has 36 heavy (non-hydrogen) atoms. The minimum Gasteiger partial charge on any atom is -0.496 e. The Labute approximate surface area is 211 Å². The van der Waals surface area contributed by atoms with Crippen molar-refractivity contribution in [2.45, 2.75) is 25.8 Å². The Morgan fingerprint density at radius 1 is 1.06 bits per heavy atom. The van der Waals surface area contributed by atoms with Crippen LogP contribution in [0, 0.1) is 11.7 Å². The SMILES string of the molecule is COc1ccccc1CNC(=O)CC1CCN(C(=O)c2nnc(C(=O)Nc3ccc(F)cc3)s2)CC1. The summed E-state index contributed by atoms with van der Waals surface area (Å²) in [7, 11) is 1.60. The number of methoxy groups -OCH3 is 1. The van der Waals surface area contributed by atoms with Crippen molar-refractivity contribution in [3.63, 3.8) is 0 Å². The lowest BCUT2D eigenvalue weighted by Gasteiger charge is -2.31. The van der Waals surface area contributed by atoms with Gasteiger partial charge in [0.25, 0.3) is 11.8 Å². The molecule has 3 amide bonds. The number of nitrogens with zero attached hydrogens (tertiary/aromatic N) is 3. The zero-order chi connectivity index (χ0) is 25.5. The molecule has 0 atom stereocenters. The van der Waals surface area contributed by atoms with Crippen LogP contribution in [0.1, 0.15) is 44.4 Å².